The first-order valence-electron chi connectivity index (χ1n) is 14.3. The monoisotopic (exact) mass is 602 g/mol. The minimum absolute atomic E-state index is 0.123. The van der Waals surface area contributed by atoms with Crippen molar-refractivity contribution in [1.82, 2.24) is 25.5 Å². The molecule has 1 aromatic heterocycles. The first kappa shape index (κ1) is 29.1. The second-order valence-corrected chi connectivity index (χ2v) is 10.3. The molecule has 2 aliphatic heterocycles. The summed E-state index contributed by atoms with van der Waals surface area (Å²) in [6, 6.07) is 16.4. The summed E-state index contributed by atoms with van der Waals surface area (Å²) in [5.41, 5.74) is 1.46. The summed E-state index contributed by atoms with van der Waals surface area (Å²) in [5.74, 6) is 0.511. The molecule has 0 spiro atoms. The number of hydrogen-bond acceptors (Lipinski definition) is 9. The van der Waals surface area contributed by atoms with Gasteiger partial charge in [-0.15, -0.1) is 10.2 Å². The zero-order valence-corrected chi connectivity index (χ0v) is 24.0. The molecule has 12 nitrogen and oxygen atoms in total. The molecule has 0 bridgehead atoms. The van der Waals surface area contributed by atoms with Gasteiger partial charge in [-0.05, 0) is 72.1 Å². The minimum atomic E-state index is -1.17. The SMILES string of the molecule is COc1ccc(-c2nnn(CC(=O)N(c3ccc4c(c3)OCCO4)[C@@H](C(=O)NC[C@H]3CCCO3)c3ccc(F)cc3)n2)cc1. The molecule has 13 heteroatoms. The fourth-order valence-electron chi connectivity index (χ4n) is 5.16. The van der Waals surface area contributed by atoms with E-state index in [2.05, 4.69) is 20.7 Å². The van der Waals surface area contributed by atoms with Crippen LogP contribution in [-0.4, -0.2) is 71.6 Å². The molecule has 1 fully saturated rings. The van der Waals surface area contributed by atoms with E-state index in [1.54, 1.807) is 49.6 Å². The molecular weight excluding hydrogens is 571 g/mol. The number of carbonyl (C=O) groups is 2. The van der Waals surface area contributed by atoms with Gasteiger partial charge in [0.2, 0.25) is 11.7 Å². The highest BCUT2D eigenvalue weighted by molar-refractivity contribution is 6.01. The number of methoxy groups -OCH3 is 1. The zero-order chi connectivity index (χ0) is 30.5. The summed E-state index contributed by atoms with van der Waals surface area (Å²) >= 11 is 0. The number of benzene rings is 3. The van der Waals surface area contributed by atoms with E-state index in [0.717, 1.165) is 12.8 Å². The Morgan fingerprint density at radius 2 is 1.82 bits per heavy atom. The zero-order valence-electron chi connectivity index (χ0n) is 24.0. The number of amides is 2. The Morgan fingerprint density at radius 1 is 1.05 bits per heavy atom. The van der Waals surface area contributed by atoms with Gasteiger partial charge in [-0.3, -0.25) is 14.5 Å². The Labute approximate surface area is 252 Å². The third-order valence-electron chi connectivity index (χ3n) is 7.37. The van der Waals surface area contributed by atoms with Crippen molar-refractivity contribution in [2.24, 2.45) is 0 Å². The van der Waals surface area contributed by atoms with Crippen LogP contribution in [0.2, 0.25) is 0 Å². The maximum absolute atomic E-state index is 14.2. The van der Waals surface area contributed by atoms with E-state index in [-0.39, 0.29) is 19.2 Å². The third kappa shape index (κ3) is 6.47. The third-order valence-corrected chi connectivity index (χ3v) is 7.37. The minimum Gasteiger partial charge on any atom is -0.497 e. The molecule has 0 saturated carbocycles. The number of nitrogens with zero attached hydrogens (tertiary/aromatic N) is 5. The van der Waals surface area contributed by atoms with Crippen LogP contribution in [0.4, 0.5) is 10.1 Å². The molecule has 3 aromatic carbocycles. The molecule has 44 heavy (non-hydrogen) atoms. The average Bonchev–Trinajstić information content (AvgIpc) is 3.75. The summed E-state index contributed by atoms with van der Waals surface area (Å²) in [4.78, 5) is 30.6. The molecular formula is C31H31FN6O6. The van der Waals surface area contributed by atoms with E-state index in [0.29, 0.717) is 59.7 Å². The van der Waals surface area contributed by atoms with Crippen molar-refractivity contribution < 1.29 is 32.9 Å². The second-order valence-electron chi connectivity index (χ2n) is 10.3. The molecule has 6 rings (SSSR count). The lowest BCUT2D eigenvalue weighted by atomic mass is 10.0. The van der Waals surface area contributed by atoms with Crippen LogP contribution < -0.4 is 24.4 Å². The number of fused-ring (bicyclic) bond motifs is 1. The van der Waals surface area contributed by atoms with Crippen molar-refractivity contribution in [2.45, 2.75) is 31.5 Å². The number of tetrazole rings is 1. The van der Waals surface area contributed by atoms with Gasteiger partial charge in [0.05, 0.1) is 13.2 Å². The van der Waals surface area contributed by atoms with Gasteiger partial charge in [0.1, 0.15) is 37.4 Å². The van der Waals surface area contributed by atoms with Crippen molar-refractivity contribution >= 4 is 17.5 Å². The number of anilines is 1. The van der Waals surface area contributed by atoms with Crippen molar-refractivity contribution in [2.75, 3.05) is 38.4 Å². The number of halogens is 1. The summed E-state index contributed by atoms with van der Waals surface area (Å²) in [5, 5.41) is 15.5. The van der Waals surface area contributed by atoms with Gasteiger partial charge >= 0.3 is 0 Å². The largest absolute Gasteiger partial charge is 0.497 e. The fraction of sp³-hybridized carbons (Fsp3) is 0.323. The van der Waals surface area contributed by atoms with Gasteiger partial charge in [0, 0.05) is 30.5 Å². The highest BCUT2D eigenvalue weighted by atomic mass is 19.1. The van der Waals surface area contributed by atoms with Crippen LogP contribution in [-0.2, 0) is 20.9 Å². The molecule has 0 radical (unpaired) electrons. The molecule has 0 unspecified atom stereocenters. The lowest BCUT2D eigenvalue weighted by Crippen LogP contribution is -2.46. The molecule has 228 valence electrons. The van der Waals surface area contributed by atoms with Gasteiger partial charge in [0.15, 0.2) is 11.5 Å². The molecule has 0 aliphatic carbocycles. The van der Waals surface area contributed by atoms with Gasteiger partial charge in [0.25, 0.3) is 5.91 Å². The predicted molar refractivity (Wildman–Crippen MR) is 156 cm³/mol. The number of aromatic nitrogens is 4. The highest BCUT2D eigenvalue weighted by Gasteiger charge is 2.35. The summed E-state index contributed by atoms with van der Waals surface area (Å²) in [6.07, 6.45) is 1.61. The predicted octanol–water partition coefficient (Wildman–Crippen LogP) is 3.33. The standard InChI is InChI=1S/C31H31FN6O6/c1-41-24-11-6-21(7-12-24)30-34-36-37(35-30)19-28(39)38(23-10-13-26-27(17-23)44-16-15-43-26)29(20-4-8-22(32)9-5-20)31(40)33-18-25-3-2-14-42-25/h4-13,17,25,29H,2-3,14-16,18-19H2,1H3,(H,33,40)/t25-,29-/m1/s1. The Hall–Kier alpha value is -5.04. The smallest absolute Gasteiger partial charge is 0.251 e. The van der Waals surface area contributed by atoms with Gasteiger partial charge in [-0.2, -0.15) is 4.80 Å². The first-order chi connectivity index (χ1) is 21.5. The average molecular weight is 603 g/mol. The van der Waals surface area contributed by atoms with Crippen molar-refractivity contribution in [3.05, 3.63) is 78.1 Å². The lowest BCUT2D eigenvalue weighted by Gasteiger charge is -2.32. The quantitative estimate of drug-likeness (QED) is 0.291. The molecule has 2 atom stereocenters. The lowest BCUT2D eigenvalue weighted by molar-refractivity contribution is -0.127. The van der Waals surface area contributed by atoms with Crippen molar-refractivity contribution in [3.63, 3.8) is 0 Å². The van der Waals surface area contributed by atoms with E-state index in [9.17, 15) is 14.0 Å². The normalized spacial score (nSPS) is 16.3. The highest BCUT2D eigenvalue weighted by Crippen LogP contribution is 2.37. The van der Waals surface area contributed by atoms with E-state index >= 15 is 0 Å². The molecule has 2 aliphatic rings. The topological polar surface area (TPSA) is 130 Å². The summed E-state index contributed by atoms with van der Waals surface area (Å²) in [7, 11) is 1.57. The number of carbonyl (C=O) groups excluding carboxylic acids is 2. The van der Waals surface area contributed by atoms with Crippen LogP contribution in [0.15, 0.2) is 66.7 Å². The Balaban J connectivity index is 1.34. The molecule has 1 N–H and O–H groups in total. The maximum atomic E-state index is 14.2. The van der Waals surface area contributed by atoms with Crippen LogP contribution in [0.1, 0.15) is 24.4 Å². The van der Waals surface area contributed by atoms with Crippen LogP contribution in [0.3, 0.4) is 0 Å². The maximum Gasteiger partial charge on any atom is 0.251 e. The number of hydrogen-bond donors (Lipinski definition) is 1. The van der Waals surface area contributed by atoms with Gasteiger partial charge in [-0.1, -0.05) is 12.1 Å². The van der Waals surface area contributed by atoms with E-state index in [4.69, 9.17) is 18.9 Å². The second kappa shape index (κ2) is 13.1. The Morgan fingerprint density at radius 3 is 2.55 bits per heavy atom. The molecule has 4 aromatic rings. The van der Waals surface area contributed by atoms with Crippen LogP contribution in [0.5, 0.6) is 17.2 Å². The van der Waals surface area contributed by atoms with E-state index in [1.165, 1.54) is 34.0 Å². The van der Waals surface area contributed by atoms with Crippen LogP contribution in [0, 0.1) is 5.82 Å². The van der Waals surface area contributed by atoms with Gasteiger partial charge in [-0.25, -0.2) is 4.39 Å². The number of rotatable bonds is 10. The molecule has 3 heterocycles. The fourth-order valence-corrected chi connectivity index (χ4v) is 5.16. The van der Waals surface area contributed by atoms with E-state index in [1.807, 2.05) is 0 Å². The van der Waals surface area contributed by atoms with Crippen LogP contribution >= 0.6 is 0 Å². The first-order valence-corrected chi connectivity index (χ1v) is 14.3. The van der Waals surface area contributed by atoms with E-state index < -0.39 is 23.7 Å². The Kier molecular flexibility index (Phi) is 8.64. The van der Waals surface area contributed by atoms with Crippen molar-refractivity contribution in [3.8, 4) is 28.6 Å². The summed E-state index contributed by atoms with van der Waals surface area (Å²) < 4.78 is 36.3. The van der Waals surface area contributed by atoms with Crippen LogP contribution in [0.25, 0.3) is 11.4 Å². The molecule has 1 saturated heterocycles. The Bertz CT molecular complexity index is 1610. The van der Waals surface area contributed by atoms with Gasteiger partial charge < -0.3 is 24.3 Å². The summed E-state index contributed by atoms with van der Waals surface area (Å²) in [6.45, 7) is 1.30. The number of ether oxygens (including phenoxy) is 4. The molecule has 2 amide bonds. The number of nitrogens with one attached hydrogen (secondary N) is 1. The van der Waals surface area contributed by atoms with Crippen molar-refractivity contribution in [1.29, 1.82) is 0 Å².